The second-order valence-corrected chi connectivity index (χ2v) is 4.82. The SMILES string of the molecule is CSc1cccc(NC(C)CCC(=O)O)c1C#N. The number of hydrogen-bond donors (Lipinski definition) is 2. The summed E-state index contributed by atoms with van der Waals surface area (Å²) >= 11 is 1.52. The van der Waals surface area contributed by atoms with Crippen LogP contribution in [0.4, 0.5) is 5.69 Å². The third kappa shape index (κ3) is 3.97. The number of rotatable bonds is 6. The zero-order valence-electron chi connectivity index (χ0n) is 10.4. The van der Waals surface area contributed by atoms with Gasteiger partial charge in [0.1, 0.15) is 6.07 Å². The number of nitrogens with one attached hydrogen (secondary N) is 1. The Labute approximate surface area is 111 Å². The average Bonchev–Trinajstić information content (AvgIpc) is 2.36. The molecule has 1 aromatic rings. The summed E-state index contributed by atoms with van der Waals surface area (Å²) in [6.07, 6.45) is 2.58. The van der Waals surface area contributed by atoms with E-state index in [1.165, 1.54) is 11.8 Å². The van der Waals surface area contributed by atoms with E-state index in [1.807, 2.05) is 31.4 Å². The lowest BCUT2D eigenvalue weighted by molar-refractivity contribution is -0.137. The summed E-state index contributed by atoms with van der Waals surface area (Å²) in [5.41, 5.74) is 1.38. The Morgan fingerprint density at radius 2 is 2.33 bits per heavy atom. The fourth-order valence-corrected chi connectivity index (χ4v) is 2.19. The van der Waals surface area contributed by atoms with Gasteiger partial charge in [-0.3, -0.25) is 4.79 Å². The van der Waals surface area contributed by atoms with E-state index in [1.54, 1.807) is 0 Å². The Morgan fingerprint density at radius 1 is 1.61 bits per heavy atom. The molecule has 2 N–H and O–H groups in total. The van der Waals surface area contributed by atoms with Gasteiger partial charge in [-0.1, -0.05) is 6.07 Å². The molecule has 5 heteroatoms. The van der Waals surface area contributed by atoms with Crippen LogP contribution in [0.25, 0.3) is 0 Å². The van der Waals surface area contributed by atoms with E-state index in [0.717, 1.165) is 10.6 Å². The van der Waals surface area contributed by atoms with Crippen LogP contribution >= 0.6 is 11.8 Å². The Morgan fingerprint density at radius 3 is 2.89 bits per heavy atom. The fourth-order valence-electron chi connectivity index (χ4n) is 1.61. The number of aliphatic carboxylic acids is 1. The quantitative estimate of drug-likeness (QED) is 0.773. The standard InChI is InChI=1S/C13H16N2O2S/c1-9(6-7-13(16)17)15-11-4-3-5-12(18-2)10(11)8-14/h3-5,9,15H,6-7H2,1-2H3,(H,16,17). The Bertz CT molecular complexity index is 469. The van der Waals surface area contributed by atoms with Crippen LogP contribution in [0.5, 0.6) is 0 Å². The van der Waals surface area contributed by atoms with Crippen molar-refractivity contribution < 1.29 is 9.90 Å². The molecule has 1 aromatic carbocycles. The lowest BCUT2D eigenvalue weighted by Crippen LogP contribution is -2.17. The van der Waals surface area contributed by atoms with Crippen molar-refractivity contribution in [2.45, 2.75) is 30.7 Å². The van der Waals surface area contributed by atoms with Crippen LogP contribution in [-0.2, 0) is 4.79 Å². The molecule has 0 aliphatic carbocycles. The van der Waals surface area contributed by atoms with Crippen LogP contribution in [0, 0.1) is 11.3 Å². The minimum absolute atomic E-state index is 0.0188. The maximum Gasteiger partial charge on any atom is 0.303 e. The van der Waals surface area contributed by atoms with Crippen LogP contribution in [0.3, 0.4) is 0 Å². The summed E-state index contributed by atoms with van der Waals surface area (Å²) in [7, 11) is 0. The highest BCUT2D eigenvalue weighted by atomic mass is 32.2. The summed E-state index contributed by atoms with van der Waals surface area (Å²) in [4.78, 5) is 11.4. The third-order valence-corrected chi connectivity index (χ3v) is 3.33. The summed E-state index contributed by atoms with van der Waals surface area (Å²) in [5.74, 6) is -0.804. The molecule has 0 aliphatic rings. The first kappa shape index (κ1) is 14.4. The lowest BCUT2D eigenvalue weighted by atomic mass is 10.1. The van der Waals surface area contributed by atoms with E-state index in [0.29, 0.717) is 12.0 Å². The smallest absolute Gasteiger partial charge is 0.303 e. The largest absolute Gasteiger partial charge is 0.481 e. The molecule has 0 radical (unpaired) electrons. The average molecular weight is 264 g/mol. The van der Waals surface area contributed by atoms with Crippen molar-refractivity contribution in [2.24, 2.45) is 0 Å². The van der Waals surface area contributed by atoms with E-state index in [2.05, 4.69) is 11.4 Å². The van der Waals surface area contributed by atoms with Gasteiger partial charge in [-0.25, -0.2) is 0 Å². The van der Waals surface area contributed by atoms with Crippen molar-refractivity contribution in [1.82, 2.24) is 0 Å². The van der Waals surface area contributed by atoms with Crippen LogP contribution in [-0.4, -0.2) is 23.4 Å². The molecule has 1 unspecified atom stereocenters. The van der Waals surface area contributed by atoms with Crippen molar-refractivity contribution in [3.63, 3.8) is 0 Å². The first-order valence-corrected chi connectivity index (χ1v) is 6.86. The van der Waals surface area contributed by atoms with Gasteiger partial charge in [0.15, 0.2) is 0 Å². The number of nitrogens with zero attached hydrogens (tertiary/aromatic N) is 1. The fraction of sp³-hybridized carbons (Fsp3) is 0.385. The number of anilines is 1. The molecule has 0 heterocycles. The highest BCUT2D eigenvalue weighted by Gasteiger charge is 2.10. The van der Waals surface area contributed by atoms with Crippen molar-refractivity contribution >= 4 is 23.4 Å². The molecule has 4 nitrogen and oxygen atoms in total. The maximum absolute atomic E-state index is 10.5. The minimum Gasteiger partial charge on any atom is -0.481 e. The van der Waals surface area contributed by atoms with Gasteiger partial charge in [0, 0.05) is 17.4 Å². The van der Waals surface area contributed by atoms with Crippen molar-refractivity contribution in [2.75, 3.05) is 11.6 Å². The number of nitriles is 1. The predicted molar refractivity (Wildman–Crippen MR) is 72.9 cm³/mol. The Kier molecular flexibility index (Phi) is 5.53. The van der Waals surface area contributed by atoms with Crippen LogP contribution in [0.2, 0.25) is 0 Å². The van der Waals surface area contributed by atoms with Gasteiger partial charge in [-0.05, 0) is 31.7 Å². The summed E-state index contributed by atoms with van der Waals surface area (Å²) in [6, 6.07) is 7.83. The van der Waals surface area contributed by atoms with Gasteiger partial charge in [-0.2, -0.15) is 5.26 Å². The van der Waals surface area contributed by atoms with Crippen molar-refractivity contribution in [1.29, 1.82) is 5.26 Å². The summed E-state index contributed by atoms with van der Waals surface area (Å²) in [6.45, 7) is 1.91. The normalized spacial score (nSPS) is 11.6. The van der Waals surface area contributed by atoms with Gasteiger partial charge in [0.25, 0.3) is 0 Å². The molecule has 0 aliphatic heterocycles. The van der Waals surface area contributed by atoms with Crippen molar-refractivity contribution in [3.8, 4) is 6.07 Å². The molecule has 18 heavy (non-hydrogen) atoms. The zero-order valence-corrected chi connectivity index (χ0v) is 11.3. The number of hydrogen-bond acceptors (Lipinski definition) is 4. The van der Waals surface area contributed by atoms with Crippen LogP contribution < -0.4 is 5.32 Å². The highest BCUT2D eigenvalue weighted by Crippen LogP contribution is 2.27. The lowest BCUT2D eigenvalue weighted by Gasteiger charge is -2.16. The second-order valence-electron chi connectivity index (χ2n) is 3.97. The summed E-state index contributed by atoms with van der Waals surface area (Å²) < 4.78 is 0. The maximum atomic E-state index is 10.5. The van der Waals surface area contributed by atoms with Crippen LogP contribution in [0.1, 0.15) is 25.3 Å². The number of benzene rings is 1. The topological polar surface area (TPSA) is 73.1 Å². The molecule has 1 atom stereocenters. The first-order chi connectivity index (χ1) is 8.58. The van der Waals surface area contributed by atoms with E-state index in [-0.39, 0.29) is 12.5 Å². The molecule has 96 valence electrons. The molecule has 0 fully saturated rings. The molecule has 0 spiro atoms. The van der Waals surface area contributed by atoms with E-state index >= 15 is 0 Å². The van der Waals surface area contributed by atoms with E-state index in [9.17, 15) is 4.79 Å². The van der Waals surface area contributed by atoms with Gasteiger partial charge < -0.3 is 10.4 Å². The molecule has 0 saturated carbocycles. The number of carboxylic acid groups (broad SMARTS) is 1. The van der Waals surface area contributed by atoms with Gasteiger partial charge in [0.05, 0.1) is 11.3 Å². The van der Waals surface area contributed by atoms with E-state index < -0.39 is 5.97 Å². The molecule has 0 saturated heterocycles. The number of thioether (sulfide) groups is 1. The zero-order chi connectivity index (χ0) is 13.5. The van der Waals surface area contributed by atoms with Crippen molar-refractivity contribution in [3.05, 3.63) is 23.8 Å². The van der Waals surface area contributed by atoms with Gasteiger partial charge in [-0.15, -0.1) is 11.8 Å². The molecular formula is C13H16N2O2S. The second kappa shape index (κ2) is 6.92. The third-order valence-electron chi connectivity index (χ3n) is 2.55. The number of carboxylic acids is 1. The minimum atomic E-state index is -0.804. The van der Waals surface area contributed by atoms with E-state index in [4.69, 9.17) is 10.4 Å². The molecule has 0 bridgehead atoms. The molecule has 0 amide bonds. The molecule has 1 rings (SSSR count). The molecular weight excluding hydrogens is 248 g/mol. The Balaban J connectivity index is 2.78. The van der Waals surface area contributed by atoms with Gasteiger partial charge >= 0.3 is 5.97 Å². The number of carbonyl (C=O) groups is 1. The Hall–Kier alpha value is -1.67. The van der Waals surface area contributed by atoms with Crippen LogP contribution in [0.15, 0.2) is 23.1 Å². The molecule has 0 aromatic heterocycles. The highest BCUT2D eigenvalue weighted by molar-refractivity contribution is 7.98. The van der Waals surface area contributed by atoms with Gasteiger partial charge in [0.2, 0.25) is 0 Å². The monoisotopic (exact) mass is 264 g/mol. The summed E-state index contributed by atoms with van der Waals surface area (Å²) in [5, 5.41) is 21.0. The predicted octanol–water partition coefficient (Wildman–Crippen LogP) is 2.95. The first-order valence-electron chi connectivity index (χ1n) is 5.64.